The van der Waals surface area contributed by atoms with Crippen LogP contribution in [-0.4, -0.2) is 6.40 Å². The lowest BCUT2D eigenvalue weighted by Crippen LogP contribution is -1.75. The predicted octanol–water partition coefficient (Wildman–Crippen LogP) is 1.16. The molecule has 0 spiro atoms. The first-order chi connectivity index (χ1) is 3.00. The molecule has 0 aromatic rings. The first-order valence-electron chi connectivity index (χ1n) is 1.48. The highest BCUT2D eigenvalue weighted by molar-refractivity contribution is 8.01. The Bertz CT molecular complexity index is 68.8. The van der Waals surface area contributed by atoms with Crippen molar-refractivity contribution in [1.29, 1.82) is 0 Å². The van der Waals surface area contributed by atoms with Gasteiger partial charge in [-0.05, 0) is 0 Å². The summed E-state index contributed by atoms with van der Waals surface area (Å²) in [5, 5.41) is 1.76. The highest BCUT2D eigenvalue weighted by atomic mass is 32.2. The van der Waals surface area contributed by atoms with Crippen LogP contribution in [0.4, 0.5) is 0 Å². The van der Waals surface area contributed by atoms with Crippen molar-refractivity contribution in [2.24, 2.45) is 4.40 Å². The van der Waals surface area contributed by atoms with E-state index in [0.717, 1.165) is 0 Å². The summed E-state index contributed by atoms with van der Waals surface area (Å²) < 4.78 is 8.24. The van der Waals surface area contributed by atoms with E-state index in [1.165, 1.54) is 18.3 Å². The van der Waals surface area contributed by atoms with Crippen molar-refractivity contribution in [3.05, 3.63) is 11.7 Å². The van der Waals surface area contributed by atoms with Gasteiger partial charge < -0.3 is 4.74 Å². The quantitative estimate of drug-likeness (QED) is 0.427. The highest BCUT2D eigenvalue weighted by Gasteiger charge is 1.77. The van der Waals surface area contributed by atoms with Gasteiger partial charge in [0.05, 0.1) is 0 Å². The summed E-state index contributed by atoms with van der Waals surface area (Å²) in [5.41, 5.74) is 0. The molecule has 0 bridgehead atoms. The minimum atomic E-state index is 1.36. The minimum Gasteiger partial charge on any atom is -0.452 e. The molecule has 1 aliphatic rings. The van der Waals surface area contributed by atoms with E-state index in [9.17, 15) is 0 Å². The topological polar surface area (TPSA) is 21.6 Å². The fourth-order valence-corrected chi connectivity index (χ4v) is 0.460. The van der Waals surface area contributed by atoms with Gasteiger partial charge in [0.25, 0.3) is 0 Å². The zero-order valence-electron chi connectivity index (χ0n) is 3.00. The van der Waals surface area contributed by atoms with E-state index >= 15 is 0 Å². The Labute approximate surface area is 40.0 Å². The molecule has 0 radical (unpaired) electrons. The van der Waals surface area contributed by atoms with E-state index in [2.05, 4.69) is 9.13 Å². The molecule has 3 heteroatoms. The van der Waals surface area contributed by atoms with Crippen LogP contribution in [0.25, 0.3) is 0 Å². The minimum absolute atomic E-state index is 1.36. The SMILES string of the molecule is C1=CSN=CO1. The second-order valence-electron chi connectivity index (χ2n) is 0.724. The summed E-state index contributed by atoms with van der Waals surface area (Å²) in [6, 6.07) is 0. The molecule has 0 aromatic carbocycles. The van der Waals surface area contributed by atoms with E-state index in [0.29, 0.717) is 0 Å². The molecule has 1 rings (SSSR count). The maximum atomic E-state index is 4.58. The summed E-state index contributed by atoms with van der Waals surface area (Å²) in [6.07, 6.45) is 2.97. The van der Waals surface area contributed by atoms with Crippen molar-refractivity contribution in [3.8, 4) is 0 Å². The Morgan fingerprint density at radius 3 is 2.83 bits per heavy atom. The van der Waals surface area contributed by atoms with Crippen molar-refractivity contribution in [2.75, 3.05) is 0 Å². The fraction of sp³-hybridized carbons (Fsp3) is 0. The molecular weight excluding hydrogens is 98.1 g/mol. The van der Waals surface area contributed by atoms with Crippen LogP contribution in [0.1, 0.15) is 0 Å². The van der Waals surface area contributed by atoms with Gasteiger partial charge in [-0.15, -0.1) is 0 Å². The average molecular weight is 101 g/mol. The van der Waals surface area contributed by atoms with E-state index in [1.807, 2.05) is 0 Å². The third kappa shape index (κ3) is 0.755. The molecular formula is C3H3NOS. The zero-order valence-corrected chi connectivity index (χ0v) is 3.81. The molecule has 0 N–H and O–H groups in total. The van der Waals surface area contributed by atoms with Crippen molar-refractivity contribution >= 4 is 18.3 Å². The van der Waals surface area contributed by atoms with Gasteiger partial charge in [0.15, 0.2) is 6.40 Å². The smallest absolute Gasteiger partial charge is 0.187 e. The van der Waals surface area contributed by atoms with E-state index in [-0.39, 0.29) is 0 Å². The molecule has 32 valence electrons. The van der Waals surface area contributed by atoms with Gasteiger partial charge in [0.2, 0.25) is 0 Å². The number of hydrogen-bond acceptors (Lipinski definition) is 3. The fourth-order valence-electron chi connectivity index (χ4n) is 0.177. The van der Waals surface area contributed by atoms with Gasteiger partial charge in [0.1, 0.15) is 6.26 Å². The molecule has 0 unspecified atom stereocenters. The second-order valence-corrected chi connectivity index (χ2v) is 1.42. The summed E-state index contributed by atoms with van der Waals surface area (Å²) in [4.78, 5) is 0. The molecule has 0 saturated heterocycles. The summed E-state index contributed by atoms with van der Waals surface area (Å²) in [5.74, 6) is 0. The Hall–Kier alpha value is -0.440. The van der Waals surface area contributed by atoms with Gasteiger partial charge in [-0.3, -0.25) is 0 Å². The van der Waals surface area contributed by atoms with Gasteiger partial charge in [-0.25, -0.2) is 0 Å². The number of nitrogens with zero attached hydrogens (tertiary/aromatic N) is 1. The summed E-state index contributed by atoms with van der Waals surface area (Å²) in [7, 11) is 0. The van der Waals surface area contributed by atoms with Crippen molar-refractivity contribution in [3.63, 3.8) is 0 Å². The number of ether oxygens (including phenoxy) is 1. The Kier molecular flexibility index (Phi) is 1.17. The molecule has 1 aliphatic heterocycles. The van der Waals surface area contributed by atoms with Crippen LogP contribution in [0.15, 0.2) is 16.1 Å². The van der Waals surface area contributed by atoms with Crippen LogP contribution in [0.5, 0.6) is 0 Å². The van der Waals surface area contributed by atoms with Gasteiger partial charge in [0, 0.05) is 17.4 Å². The maximum Gasteiger partial charge on any atom is 0.187 e. The highest BCUT2D eigenvalue weighted by Crippen LogP contribution is 2.05. The zero-order chi connectivity index (χ0) is 4.24. The van der Waals surface area contributed by atoms with Crippen molar-refractivity contribution in [2.45, 2.75) is 0 Å². The maximum absolute atomic E-state index is 4.58. The lowest BCUT2D eigenvalue weighted by molar-refractivity contribution is 0.495. The Balaban J connectivity index is 2.40. The van der Waals surface area contributed by atoms with Crippen LogP contribution in [0, 0.1) is 0 Å². The van der Waals surface area contributed by atoms with E-state index in [4.69, 9.17) is 0 Å². The molecule has 0 aromatic heterocycles. The third-order valence-electron chi connectivity index (χ3n) is 0.360. The van der Waals surface area contributed by atoms with Crippen LogP contribution in [0.3, 0.4) is 0 Å². The molecule has 0 atom stereocenters. The average Bonchev–Trinajstić information content (AvgIpc) is 1.72. The molecule has 0 aliphatic carbocycles. The van der Waals surface area contributed by atoms with Crippen LogP contribution in [0.2, 0.25) is 0 Å². The summed E-state index contributed by atoms with van der Waals surface area (Å²) in [6.45, 7) is 0. The normalized spacial score (nSPS) is 17.3. The number of rotatable bonds is 0. The number of hydrogen-bond donors (Lipinski definition) is 0. The molecule has 2 nitrogen and oxygen atoms in total. The monoisotopic (exact) mass is 101 g/mol. The standard InChI is InChI=1S/C3H3NOS/c1-2-6-4-3-5-1/h1-3H. The predicted molar refractivity (Wildman–Crippen MR) is 26.3 cm³/mol. The molecule has 0 amide bonds. The van der Waals surface area contributed by atoms with Gasteiger partial charge >= 0.3 is 0 Å². The Morgan fingerprint density at radius 2 is 2.67 bits per heavy atom. The molecule has 6 heavy (non-hydrogen) atoms. The van der Waals surface area contributed by atoms with Crippen molar-refractivity contribution in [1.82, 2.24) is 0 Å². The van der Waals surface area contributed by atoms with Crippen LogP contribution >= 0.6 is 11.9 Å². The van der Waals surface area contributed by atoms with Crippen LogP contribution in [-0.2, 0) is 4.74 Å². The van der Waals surface area contributed by atoms with Gasteiger partial charge in [-0.2, -0.15) is 4.40 Å². The van der Waals surface area contributed by atoms with E-state index < -0.39 is 0 Å². The van der Waals surface area contributed by atoms with Crippen LogP contribution < -0.4 is 0 Å². The summed E-state index contributed by atoms with van der Waals surface area (Å²) >= 11 is 1.36. The van der Waals surface area contributed by atoms with E-state index in [1.54, 1.807) is 11.7 Å². The lowest BCUT2D eigenvalue weighted by atomic mass is 11.1. The second kappa shape index (κ2) is 1.87. The first kappa shape index (κ1) is 3.74. The largest absolute Gasteiger partial charge is 0.452 e. The molecule has 1 heterocycles. The Morgan fingerprint density at radius 1 is 1.67 bits per heavy atom. The molecule has 0 saturated carbocycles. The molecule has 0 fully saturated rings. The van der Waals surface area contributed by atoms with Gasteiger partial charge in [-0.1, -0.05) is 0 Å². The first-order valence-corrected chi connectivity index (χ1v) is 2.32. The lowest BCUT2D eigenvalue weighted by Gasteiger charge is -1.90. The van der Waals surface area contributed by atoms with Crippen molar-refractivity contribution < 1.29 is 4.74 Å². The third-order valence-corrected chi connectivity index (χ3v) is 0.800.